The molecule has 140 valence electrons. The van der Waals surface area contributed by atoms with Crippen molar-refractivity contribution in [2.75, 3.05) is 26.2 Å². The van der Waals surface area contributed by atoms with Crippen LogP contribution in [0.1, 0.15) is 44.6 Å². The SMILES string of the molecule is CC1(C(=O)NCC2(CN3CCCC3)CC2)CC(c2ccccc2Cl)=NO1. The van der Waals surface area contributed by atoms with Crippen molar-refractivity contribution in [1.82, 2.24) is 10.2 Å². The Morgan fingerprint density at radius 1 is 1.31 bits per heavy atom. The van der Waals surface area contributed by atoms with E-state index < -0.39 is 5.60 Å². The van der Waals surface area contributed by atoms with Crippen molar-refractivity contribution in [1.29, 1.82) is 0 Å². The Morgan fingerprint density at radius 3 is 2.73 bits per heavy atom. The van der Waals surface area contributed by atoms with E-state index in [1.165, 1.54) is 38.8 Å². The normalized spacial score (nSPS) is 27.1. The van der Waals surface area contributed by atoms with Gasteiger partial charge < -0.3 is 15.1 Å². The lowest BCUT2D eigenvalue weighted by atomic mass is 9.94. The number of carbonyl (C=O) groups excluding carboxylic acids is 1. The number of amides is 1. The Hall–Kier alpha value is -1.59. The first-order valence-corrected chi connectivity index (χ1v) is 9.88. The highest BCUT2D eigenvalue weighted by Crippen LogP contribution is 2.46. The van der Waals surface area contributed by atoms with Crippen LogP contribution in [0.25, 0.3) is 0 Å². The Labute approximate surface area is 159 Å². The number of benzene rings is 1. The third kappa shape index (κ3) is 3.60. The first-order valence-electron chi connectivity index (χ1n) is 9.50. The molecule has 26 heavy (non-hydrogen) atoms. The average molecular weight is 376 g/mol. The highest BCUT2D eigenvalue weighted by Gasteiger charge is 2.47. The van der Waals surface area contributed by atoms with Crippen molar-refractivity contribution in [3.8, 4) is 0 Å². The fourth-order valence-corrected chi connectivity index (χ4v) is 4.18. The second-order valence-electron chi connectivity index (χ2n) is 8.18. The Bertz CT molecular complexity index is 726. The van der Waals surface area contributed by atoms with Crippen LogP contribution in [0.5, 0.6) is 0 Å². The van der Waals surface area contributed by atoms with E-state index in [1.807, 2.05) is 24.3 Å². The van der Waals surface area contributed by atoms with E-state index in [1.54, 1.807) is 6.92 Å². The van der Waals surface area contributed by atoms with Crippen molar-refractivity contribution in [2.24, 2.45) is 10.6 Å². The van der Waals surface area contributed by atoms with Gasteiger partial charge in [0.05, 0.1) is 5.71 Å². The molecule has 1 aliphatic carbocycles. The molecule has 0 bridgehead atoms. The molecule has 6 heteroatoms. The van der Waals surface area contributed by atoms with Gasteiger partial charge in [-0.2, -0.15) is 0 Å². The van der Waals surface area contributed by atoms with Gasteiger partial charge in [-0.25, -0.2) is 0 Å². The quantitative estimate of drug-likeness (QED) is 0.830. The minimum absolute atomic E-state index is 0.0870. The molecule has 2 heterocycles. The van der Waals surface area contributed by atoms with Crippen LogP contribution >= 0.6 is 11.6 Å². The van der Waals surface area contributed by atoms with Crippen LogP contribution in [0.4, 0.5) is 0 Å². The number of carbonyl (C=O) groups is 1. The van der Waals surface area contributed by atoms with Gasteiger partial charge in [-0.15, -0.1) is 0 Å². The molecule has 1 aromatic rings. The van der Waals surface area contributed by atoms with Gasteiger partial charge in [0, 0.05) is 35.5 Å². The summed E-state index contributed by atoms with van der Waals surface area (Å²) < 4.78 is 0. The molecule has 1 atom stereocenters. The van der Waals surface area contributed by atoms with E-state index in [9.17, 15) is 4.79 Å². The summed E-state index contributed by atoms with van der Waals surface area (Å²) in [7, 11) is 0. The van der Waals surface area contributed by atoms with Gasteiger partial charge in [-0.05, 0) is 51.8 Å². The third-order valence-electron chi connectivity index (χ3n) is 5.87. The minimum atomic E-state index is -0.960. The zero-order chi connectivity index (χ0) is 18.2. The fraction of sp³-hybridized carbons (Fsp3) is 0.600. The fourth-order valence-electron chi connectivity index (χ4n) is 3.94. The van der Waals surface area contributed by atoms with Crippen molar-refractivity contribution >= 4 is 23.2 Å². The summed E-state index contributed by atoms with van der Waals surface area (Å²) in [4.78, 5) is 20.9. The van der Waals surface area contributed by atoms with Gasteiger partial charge >= 0.3 is 0 Å². The number of hydrogen-bond acceptors (Lipinski definition) is 4. The molecule has 0 spiro atoms. The van der Waals surface area contributed by atoms with Gasteiger partial charge in [0.2, 0.25) is 5.60 Å². The van der Waals surface area contributed by atoms with E-state index in [2.05, 4.69) is 15.4 Å². The van der Waals surface area contributed by atoms with Gasteiger partial charge in [0.25, 0.3) is 5.91 Å². The van der Waals surface area contributed by atoms with Crippen LogP contribution in [0.2, 0.25) is 5.02 Å². The molecule has 1 saturated heterocycles. The molecule has 1 N–H and O–H groups in total. The van der Waals surface area contributed by atoms with Gasteiger partial charge in [0.15, 0.2) is 0 Å². The summed E-state index contributed by atoms with van der Waals surface area (Å²) in [6.45, 7) is 6.03. The smallest absolute Gasteiger partial charge is 0.267 e. The minimum Gasteiger partial charge on any atom is -0.379 e. The number of nitrogens with zero attached hydrogens (tertiary/aromatic N) is 2. The lowest BCUT2D eigenvalue weighted by Gasteiger charge is -2.26. The first kappa shape index (κ1) is 17.8. The molecule has 0 aromatic heterocycles. The number of oxime groups is 1. The van der Waals surface area contributed by atoms with E-state index in [0.29, 0.717) is 11.4 Å². The number of likely N-dealkylation sites (tertiary alicyclic amines) is 1. The number of nitrogens with one attached hydrogen (secondary N) is 1. The maximum absolute atomic E-state index is 12.8. The molecule has 1 unspecified atom stereocenters. The van der Waals surface area contributed by atoms with Crippen LogP contribution in [0, 0.1) is 5.41 Å². The maximum atomic E-state index is 12.8. The van der Waals surface area contributed by atoms with Gasteiger partial charge in [0.1, 0.15) is 0 Å². The summed E-state index contributed by atoms with van der Waals surface area (Å²) in [6, 6.07) is 7.52. The Balaban J connectivity index is 1.33. The van der Waals surface area contributed by atoms with E-state index in [4.69, 9.17) is 16.4 Å². The zero-order valence-electron chi connectivity index (χ0n) is 15.3. The monoisotopic (exact) mass is 375 g/mol. The highest BCUT2D eigenvalue weighted by atomic mass is 35.5. The van der Waals surface area contributed by atoms with Crippen molar-refractivity contribution in [2.45, 2.75) is 44.6 Å². The summed E-state index contributed by atoms with van der Waals surface area (Å²) in [6.07, 6.45) is 5.43. The summed E-state index contributed by atoms with van der Waals surface area (Å²) >= 11 is 6.25. The van der Waals surface area contributed by atoms with Crippen molar-refractivity contribution in [3.63, 3.8) is 0 Å². The lowest BCUT2D eigenvalue weighted by molar-refractivity contribution is -0.142. The molecule has 3 aliphatic rings. The van der Waals surface area contributed by atoms with Crippen molar-refractivity contribution < 1.29 is 9.63 Å². The molecular weight excluding hydrogens is 350 g/mol. The molecule has 2 fully saturated rings. The van der Waals surface area contributed by atoms with Gasteiger partial charge in [-0.1, -0.05) is 35.0 Å². The first-order chi connectivity index (χ1) is 12.5. The van der Waals surface area contributed by atoms with Crippen LogP contribution in [-0.4, -0.2) is 48.3 Å². The van der Waals surface area contributed by atoms with Crippen LogP contribution in [0.15, 0.2) is 29.4 Å². The maximum Gasteiger partial charge on any atom is 0.267 e. The number of halogens is 1. The number of hydrogen-bond donors (Lipinski definition) is 1. The summed E-state index contributed by atoms with van der Waals surface area (Å²) in [5.74, 6) is -0.0870. The summed E-state index contributed by atoms with van der Waals surface area (Å²) in [5, 5.41) is 7.91. The molecular formula is C20H26ClN3O2. The Morgan fingerprint density at radius 2 is 2.04 bits per heavy atom. The van der Waals surface area contributed by atoms with E-state index in [-0.39, 0.29) is 11.3 Å². The zero-order valence-corrected chi connectivity index (χ0v) is 16.0. The third-order valence-corrected chi connectivity index (χ3v) is 6.20. The second kappa shape index (κ2) is 6.86. The molecule has 1 aromatic carbocycles. The molecule has 5 nitrogen and oxygen atoms in total. The predicted octanol–water partition coefficient (Wildman–Crippen LogP) is 3.22. The average Bonchev–Trinajstić information content (AvgIpc) is 3.01. The predicted molar refractivity (Wildman–Crippen MR) is 102 cm³/mol. The van der Waals surface area contributed by atoms with E-state index in [0.717, 1.165) is 24.4 Å². The highest BCUT2D eigenvalue weighted by molar-refractivity contribution is 6.34. The number of rotatable bonds is 6. The van der Waals surface area contributed by atoms with E-state index >= 15 is 0 Å². The van der Waals surface area contributed by atoms with Crippen molar-refractivity contribution in [3.05, 3.63) is 34.9 Å². The second-order valence-corrected chi connectivity index (χ2v) is 8.59. The molecule has 1 amide bonds. The lowest BCUT2D eigenvalue weighted by Crippen LogP contribution is -2.47. The molecule has 4 rings (SSSR count). The Kier molecular flexibility index (Phi) is 4.70. The van der Waals surface area contributed by atoms with Gasteiger partial charge in [-0.3, -0.25) is 4.79 Å². The van der Waals surface area contributed by atoms with Crippen LogP contribution in [0.3, 0.4) is 0 Å². The molecule has 0 radical (unpaired) electrons. The largest absolute Gasteiger partial charge is 0.379 e. The van der Waals surface area contributed by atoms with Crippen LogP contribution in [-0.2, 0) is 9.63 Å². The molecule has 1 saturated carbocycles. The standard InChI is InChI=1S/C20H26ClN3O2/c1-19(12-17(23-26-19)15-6-2-3-7-16(15)21)18(25)22-13-20(8-9-20)14-24-10-4-5-11-24/h2-3,6-7H,4-5,8-14H2,1H3,(H,22,25). The topological polar surface area (TPSA) is 53.9 Å². The molecule has 2 aliphatic heterocycles. The van der Waals surface area contributed by atoms with Crippen LogP contribution < -0.4 is 5.32 Å². The summed E-state index contributed by atoms with van der Waals surface area (Å²) in [5.41, 5.74) is 0.865.